The summed E-state index contributed by atoms with van der Waals surface area (Å²) in [5.74, 6) is 0. The molecule has 0 saturated heterocycles. The van der Waals surface area contributed by atoms with Crippen LogP contribution in [0.3, 0.4) is 0 Å². The van der Waals surface area contributed by atoms with E-state index in [9.17, 15) is 0 Å². The molecular weight excluding hydrogens is 214 g/mol. The molecule has 0 saturated carbocycles. The highest BCUT2D eigenvalue weighted by Gasteiger charge is 2.16. The first-order valence-corrected chi connectivity index (χ1v) is 5.93. The first-order chi connectivity index (χ1) is 8.12. The molecule has 1 aromatic heterocycles. The topological polar surface area (TPSA) is 45.4 Å². The Morgan fingerprint density at radius 1 is 1.29 bits per heavy atom. The van der Waals surface area contributed by atoms with Crippen LogP contribution in [-0.2, 0) is 6.54 Å². The third-order valence-corrected chi connectivity index (χ3v) is 3.06. The van der Waals surface area contributed by atoms with Crippen LogP contribution in [-0.4, -0.2) is 17.3 Å². The zero-order chi connectivity index (χ0) is 12.3. The minimum absolute atomic E-state index is 0.0624. The molecule has 2 rings (SSSR count). The Hall–Kier alpha value is -1.32. The van der Waals surface area contributed by atoms with Gasteiger partial charge in [-0.25, -0.2) is 0 Å². The SMILES string of the molecule is CC(C)(CCO)NCc1coc2ccccc12. The fourth-order valence-corrected chi connectivity index (χ4v) is 1.87. The highest BCUT2D eigenvalue weighted by Crippen LogP contribution is 2.21. The molecule has 2 N–H and O–H groups in total. The number of fused-ring (bicyclic) bond motifs is 1. The number of furan rings is 1. The van der Waals surface area contributed by atoms with E-state index in [1.54, 1.807) is 6.26 Å². The maximum Gasteiger partial charge on any atom is 0.134 e. The minimum Gasteiger partial charge on any atom is -0.464 e. The first kappa shape index (κ1) is 12.1. The van der Waals surface area contributed by atoms with Crippen molar-refractivity contribution >= 4 is 11.0 Å². The molecule has 0 fully saturated rings. The van der Waals surface area contributed by atoms with Crippen LogP contribution < -0.4 is 5.32 Å². The Balaban J connectivity index is 2.09. The third-order valence-electron chi connectivity index (χ3n) is 3.06. The van der Waals surface area contributed by atoms with Gasteiger partial charge in [-0.15, -0.1) is 0 Å². The van der Waals surface area contributed by atoms with Gasteiger partial charge in [-0.1, -0.05) is 18.2 Å². The summed E-state index contributed by atoms with van der Waals surface area (Å²) in [5.41, 5.74) is 2.02. The van der Waals surface area contributed by atoms with Crippen LogP contribution in [0.2, 0.25) is 0 Å². The number of rotatable bonds is 5. The van der Waals surface area contributed by atoms with Gasteiger partial charge >= 0.3 is 0 Å². The van der Waals surface area contributed by atoms with Gasteiger partial charge in [-0.2, -0.15) is 0 Å². The molecule has 0 unspecified atom stereocenters. The summed E-state index contributed by atoms with van der Waals surface area (Å²) in [6.45, 7) is 5.13. The van der Waals surface area contributed by atoms with Crippen LogP contribution in [0.25, 0.3) is 11.0 Å². The molecule has 0 bridgehead atoms. The first-order valence-electron chi connectivity index (χ1n) is 5.93. The molecule has 2 aromatic rings. The number of benzene rings is 1. The van der Waals surface area contributed by atoms with Crippen LogP contribution >= 0.6 is 0 Å². The van der Waals surface area contributed by atoms with Gasteiger partial charge in [0, 0.05) is 29.6 Å². The van der Waals surface area contributed by atoms with E-state index in [2.05, 4.69) is 25.2 Å². The molecule has 1 heterocycles. The van der Waals surface area contributed by atoms with E-state index in [1.165, 1.54) is 0 Å². The van der Waals surface area contributed by atoms with E-state index in [4.69, 9.17) is 9.52 Å². The van der Waals surface area contributed by atoms with E-state index in [0.717, 1.165) is 29.5 Å². The zero-order valence-electron chi connectivity index (χ0n) is 10.4. The van der Waals surface area contributed by atoms with Crippen LogP contribution in [0.5, 0.6) is 0 Å². The van der Waals surface area contributed by atoms with Crippen molar-refractivity contribution in [1.82, 2.24) is 5.32 Å². The lowest BCUT2D eigenvalue weighted by molar-refractivity contribution is 0.230. The third kappa shape index (κ3) is 2.87. The number of para-hydroxylation sites is 1. The number of hydrogen-bond acceptors (Lipinski definition) is 3. The van der Waals surface area contributed by atoms with E-state index >= 15 is 0 Å². The fourth-order valence-electron chi connectivity index (χ4n) is 1.87. The van der Waals surface area contributed by atoms with Crippen LogP contribution in [0.15, 0.2) is 34.9 Å². The maximum absolute atomic E-state index is 8.97. The Kier molecular flexibility index (Phi) is 3.50. The molecule has 0 atom stereocenters. The summed E-state index contributed by atoms with van der Waals surface area (Å²) in [5, 5.41) is 13.6. The summed E-state index contributed by atoms with van der Waals surface area (Å²) in [6, 6.07) is 8.02. The van der Waals surface area contributed by atoms with Gasteiger partial charge in [-0.3, -0.25) is 0 Å². The van der Waals surface area contributed by atoms with Crippen LogP contribution in [0, 0.1) is 0 Å². The Morgan fingerprint density at radius 3 is 2.82 bits per heavy atom. The smallest absolute Gasteiger partial charge is 0.134 e. The molecule has 1 aromatic carbocycles. The minimum atomic E-state index is -0.0624. The van der Waals surface area contributed by atoms with Crippen molar-refractivity contribution in [2.45, 2.75) is 32.4 Å². The van der Waals surface area contributed by atoms with E-state index in [0.29, 0.717) is 0 Å². The van der Waals surface area contributed by atoms with Crippen molar-refractivity contribution < 1.29 is 9.52 Å². The molecule has 17 heavy (non-hydrogen) atoms. The van der Waals surface area contributed by atoms with Gasteiger partial charge in [0.25, 0.3) is 0 Å². The second-order valence-electron chi connectivity index (χ2n) is 4.97. The average molecular weight is 233 g/mol. The molecule has 0 aliphatic heterocycles. The van der Waals surface area contributed by atoms with Gasteiger partial charge in [0.2, 0.25) is 0 Å². The number of aliphatic hydroxyl groups excluding tert-OH is 1. The van der Waals surface area contributed by atoms with Gasteiger partial charge in [0.05, 0.1) is 6.26 Å². The van der Waals surface area contributed by atoms with Crippen molar-refractivity contribution in [2.75, 3.05) is 6.61 Å². The van der Waals surface area contributed by atoms with E-state index in [-0.39, 0.29) is 12.1 Å². The Labute approximate surface area is 101 Å². The van der Waals surface area contributed by atoms with Crippen molar-refractivity contribution in [3.05, 3.63) is 36.1 Å². The summed E-state index contributed by atoms with van der Waals surface area (Å²) < 4.78 is 5.48. The van der Waals surface area contributed by atoms with E-state index < -0.39 is 0 Å². The maximum atomic E-state index is 8.97. The van der Waals surface area contributed by atoms with Crippen LogP contribution in [0.4, 0.5) is 0 Å². The highest BCUT2D eigenvalue weighted by molar-refractivity contribution is 5.80. The predicted octanol–water partition coefficient (Wildman–Crippen LogP) is 2.68. The Morgan fingerprint density at radius 2 is 2.06 bits per heavy atom. The second kappa shape index (κ2) is 4.90. The highest BCUT2D eigenvalue weighted by atomic mass is 16.3. The number of nitrogens with one attached hydrogen (secondary N) is 1. The molecular formula is C14H19NO2. The summed E-state index contributed by atoms with van der Waals surface area (Å²) >= 11 is 0. The molecule has 0 aliphatic carbocycles. The van der Waals surface area contributed by atoms with Gasteiger partial charge in [0.15, 0.2) is 0 Å². The molecule has 3 heteroatoms. The summed E-state index contributed by atoms with van der Waals surface area (Å²) in [4.78, 5) is 0. The van der Waals surface area contributed by atoms with Crippen molar-refractivity contribution in [1.29, 1.82) is 0 Å². The van der Waals surface area contributed by atoms with Gasteiger partial charge in [-0.05, 0) is 26.3 Å². The lowest BCUT2D eigenvalue weighted by Crippen LogP contribution is -2.39. The summed E-state index contributed by atoms with van der Waals surface area (Å²) in [6.07, 6.45) is 2.54. The molecule has 3 nitrogen and oxygen atoms in total. The zero-order valence-corrected chi connectivity index (χ0v) is 10.4. The van der Waals surface area contributed by atoms with Crippen molar-refractivity contribution in [3.63, 3.8) is 0 Å². The quantitative estimate of drug-likeness (QED) is 0.834. The largest absolute Gasteiger partial charge is 0.464 e. The molecule has 0 aliphatic rings. The van der Waals surface area contributed by atoms with Gasteiger partial charge in [0.1, 0.15) is 5.58 Å². The van der Waals surface area contributed by atoms with Gasteiger partial charge < -0.3 is 14.8 Å². The Bertz CT molecular complexity index is 488. The fraction of sp³-hybridized carbons (Fsp3) is 0.429. The lowest BCUT2D eigenvalue weighted by Gasteiger charge is -2.25. The van der Waals surface area contributed by atoms with Crippen LogP contribution in [0.1, 0.15) is 25.8 Å². The van der Waals surface area contributed by atoms with E-state index in [1.807, 2.05) is 18.2 Å². The molecule has 0 amide bonds. The molecule has 92 valence electrons. The number of aliphatic hydroxyl groups is 1. The summed E-state index contributed by atoms with van der Waals surface area (Å²) in [7, 11) is 0. The average Bonchev–Trinajstić information content (AvgIpc) is 2.70. The monoisotopic (exact) mass is 233 g/mol. The molecule has 0 spiro atoms. The standard InChI is InChI=1S/C14H19NO2/c1-14(2,7-8-16)15-9-11-10-17-13-6-4-3-5-12(11)13/h3-6,10,15-16H,7-9H2,1-2H3. The molecule has 0 radical (unpaired) electrons. The second-order valence-corrected chi connectivity index (χ2v) is 4.97. The van der Waals surface area contributed by atoms with Crippen molar-refractivity contribution in [3.8, 4) is 0 Å². The normalized spacial score (nSPS) is 12.2. The lowest BCUT2D eigenvalue weighted by atomic mass is 10.0. The number of hydrogen-bond donors (Lipinski definition) is 2. The predicted molar refractivity (Wildman–Crippen MR) is 68.8 cm³/mol. The van der Waals surface area contributed by atoms with Crippen molar-refractivity contribution in [2.24, 2.45) is 0 Å².